The topological polar surface area (TPSA) is 111 Å². The first kappa shape index (κ1) is 20.7. The average Bonchev–Trinajstić information content (AvgIpc) is 3.37. The summed E-state index contributed by atoms with van der Waals surface area (Å²) in [5.74, 6) is -2.05. The van der Waals surface area contributed by atoms with Crippen LogP contribution in [0.3, 0.4) is 0 Å². The molecule has 7 heteroatoms. The number of rotatable bonds is 7. The predicted octanol–water partition coefficient (Wildman–Crippen LogP) is 2.20. The fraction of sp³-hybridized carbons (Fsp3) is 0.292. The number of amides is 2. The number of hydrogen-bond donors (Lipinski definition) is 4. The van der Waals surface area contributed by atoms with Crippen molar-refractivity contribution in [2.45, 2.75) is 38.3 Å². The van der Waals surface area contributed by atoms with Crippen molar-refractivity contribution < 1.29 is 19.5 Å². The van der Waals surface area contributed by atoms with Gasteiger partial charge in [0.05, 0.1) is 0 Å². The molecule has 0 saturated heterocycles. The van der Waals surface area contributed by atoms with Gasteiger partial charge in [0.25, 0.3) is 0 Å². The van der Waals surface area contributed by atoms with Crippen molar-refractivity contribution in [3.8, 4) is 0 Å². The second-order valence-corrected chi connectivity index (χ2v) is 8.07. The number of carboxylic acid groups (broad SMARTS) is 1. The molecule has 0 bridgehead atoms. The number of benzene rings is 2. The largest absolute Gasteiger partial charge is 0.480 e. The first-order valence-electron chi connectivity index (χ1n) is 10.4. The highest BCUT2D eigenvalue weighted by Crippen LogP contribution is 2.26. The van der Waals surface area contributed by atoms with Crippen molar-refractivity contribution in [3.05, 3.63) is 71.4 Å². The number of para-hydroxylation sites is 1. The van der Waals surface area contributed by atoms with Crippen molar-refractivity contribution in [3.63, 3.8) is 0 Å². The van der Waals surface area contributed by atoms with Gasteiger partial charge in [0, 0.05) is 29.4 Å². The molecule has 0 saturated carbocycles. The van der Waals surface area contributed by atoms with Crippen molar-refractivity contribution in [1.29, 1.82) is 0 Å². The van der Waals surface area contributed by atoms with Crippen LogP contribution < -0.4 is 10.6 Å². The van der Waals surface area contributed by atoms with Crippen LogP contribution in [-0.2, 0) is 33.6 Å². The van der Waals surface area contributed by atoms with Gasteiger partial charge in [0.2, 0.25) is 11.8 Å². The van der Waals surface area contributed by atoms with Gasteiger partial charge in [-0.25, -0.2) is 4.79 Å². The second-order valence-electron chi connectivity index (χ2n) is 8.07. The molecule has 1 heterocycles. The van der Waals surface area contributed by atoms with E-state index in [2.05, 4.69) is 15.6 Å². The predicted molar refractivity (Wildman–Crippen MR) is 117 cm³/mol. The molecule has 0 spiro atoms. The number of nitrogens with one attached hydrogen (secondary N) is 3. The Balaban J connectivity index is 1.36. The Morgan fingerprint density at radius 3 is 2.35 bits per heavy atom. The van der Waals surface area contributed by atoms with Gasteiger partial charge in [-0.15, -0.1) is 0 Å². The van der Waals surface area contributed by atoms with E-state index in [0.717, 1.165) is 27.6 Å². The summed E-state index contributed by atoms with van der Waals surface area (Å²) in [4.78, 5) is 40.1. The molecule has 1 aliphatic rings. The number of fused-ring (bicyclic) bond motifs is 2. The van der Waals surface area contributed by atoms with Crippen LogP contribution in [0.5, 0.6) is 0 Å². The minimum Gasteiger partial charge on any atom is -0.480 e. The molecule has 2 aromatic carbocycles. The van der Waals surface area contributed by atoms with E-state index in [0.29, 0.717) is 12.8 Å². The Morgan fingerprint density at radius 1 is 1.03 bits per heavy atom. The molecule has 2 unspecified atom stereocenters. The second kappa shape index (κ2) is 8.63. The van der Waals surface area contributed by atoms with Crippen molar-refractivity contribution in [2.24, 2.45) is 5.92 Å². The zero-order valence-electron chi connectivity index (χ0n) is 17.2. The quantitative estimate of drug-likeness (QED) is 0.470. The maximum Gasteiger partial charge on any atom is 0.326 e. The molecule has 0 radical (unpaired) electrons. The number of aromatic nitrogens is 1. The van der Waals surface area contributed by atoms with Gasteiger partial charge >= 0.3 is 5.97 Å². The monoisotopic (exact) mass is 419 g/mol. The number of carbonyl (C=O) groups excluding carboxylic acids is 2. The molecular formula is C24H25N3O4. The molecule has 3 aromatic rings. The van der Waals surface area contributed by atoms with Crippen molar-refractivity contribution >= 4 is 28.7 Å². The van der Waals surface area contributed by atoms with Crippen LogP contribution in [0.15, 0.2) is 54.7 Å². The van der Waals surface area contributed by atoms with E-state index in [1.807, 2.05) is 48.5 Å². The number of H-pyrrole nitrogens is 1. The van der Waals surface area contributed by atoms with Crippen molar-refractivity contribution in [1.82, 2.24) is 15.6 Å². The summed E-state index contributed by atoms with van der Waals surface area (Å²) in [5.41, 5.74) is 4.03. The third kappa shape index (κ3) is 4.45. The Hall–Kier alpha value is -3.61. The van der Waals surface area contributed by atoms with E-state index < -0.39 is 24.0 Å². The molecule has 0 aliphatic heterocycles. The fourth-order valence-electron chi connectivity index (χ4n) is 4.16. The van der Waals surface area contributed by atoms with E-state index in [9.17, 15) is 19.5 Å². The number of carboxylic acids is 1. The summed E-state index contributed by atoms with van der Waals surface area (Å²) < 4.78 is 0. The standard InChI is InChI=1S/C24H25N3O4/c1-14(26-23(29)17-10-15-6-2-3-7-16(15)11-17)22(28)27-21(24(30)31)12-18-13-25-20-9-5-4-8-19(18)20/h2-9,13-14,17,21,25H,10-12H2,1H3,(H,26,29)(H,27,28)(H,30,31). The molecule has 4 N–H and O–H groups in total. The Labute approximate surface area is 179 Å². The molecule has 2 atom stereocenters. The van der Waals surface area contributed by atoms with Crippen LogP contribution in [0.2, 0.25) is 0 Å². The first-order chi connectivity index (χ1) is 14.9. The summed E-state index contributed by atoms with van der Waals surface area (Å²) >= 11 is 0. The van der Waals surface area contributed by atoms with Crippen LogP contribution >= 0.6 is 0 Å². The molecule has 160 valence electrons. The van der Waals surface area contributed by atoms with E-state index >= 15 is 0 Å². The summed E-state index contributed by atoms with van der Waals surface area (Å²) in [6.07, 6.45) is 3.20. The number of aromatic amines is 1. The van der Waals surface area contributed by atoms with E-state index in [1.54, 1.807) is 13.1 Å². The highest BCUT2D eigenvalue weighted by atomic mass is 16.4. The third-order valence-corrected chi connectivity index (χ3v) is 5.89. The van der Waals surface area contributed by atoms with Gasteiger partial charge in [-0.1, -0.05) is 42.5 Å². The maximum atomic E-state index is 12.6. The van der Waals surface area contributed by atoms with Crippen LogP contribution in [0, 0.1) is 5.92 Å². The van der Waals surface area contributed by atoms with Gasteiger partial charge in [0.1, 0.15) is 12.1 Å². The molecular weight excluding hydrogens is 394 g/mol. The molecule has 4 rings (SSSR count). The van der Waals surface area contributed by atoms with E-state index in [-0.39, 0.29) is 18.2 Å². The van der Waals surface area contributed by atoms with Gasteiger partial charge in [-0.05, 0) is 42.5 Å². The Kier molecular flexibility index (Phi) is 5.75. The molecule has 2 amide bonds. The first-order valence-corrected chi connectivity index (χ1v) is 10.4. The van der Waals surface area contributed by atoms with Gasteiger partial charge in [0.15, 0.2) is 0 Å². The number of aliphatic carboxylic acids is 1. The zero-order valence-corrected chi connectivity index (χ0v) is 17.2. The van der Waals surface area contributed by atoms with Gasteiger partial charge in [-0.2, -0.15) is 0 Å². The summed E-state index contributed by atoms with van der Waals surface area (Å²) in [7, 11) is 0. The summed E-state index contributed by atoms with van der Waals surface area (Å²) in [6.45, 7) is 1.57. The van der Waals surface area contributed by atoms with Crippen LogP contribution in [0.1, 0.15) is 23.6 Å². The van der Waals surface area contributed by atoms with E-state index in [4.69, 9.17) is 0 Å². The minimum absolute atomic E-state index is 0.143. The SMILES string of the molecule is CC(NC(=O)C1Cc2ccccc2C1)C(=O)NC(Cc1c[nH]c2ccccc12)C(=O)O. The lowest BCUT2D eigenvalue weighted by Crippen LogP contribution is -2.52. The third-order valence-electron chi connectivity index (χ3n) is 5.89. The smallest absolute Gasteiger partial charge is 0.326 e. The zero-order chi connectivity index (χ0) is 22.0. The summed E-state index contributed by atoms with van der Waals surface area (Å²) in [5, 5.41) is 15.8. The van der Waals surface area contributed by atoms with Gasteiger partial charge < -0.3 is 20.7 Å². The average molecular weight is 419 g/mol. The Bertz CT molecular complexity index is 1110. The molecule has 1 aliphatic carbocycles. The Morgan fingerprint density at radius 2 is 1.68 bits per heavy atom. The number of carbonyl (C=O) groups is 3. The number of hydrogen-bond acceptors (Lipinski definition) is 3. The normalized spacial score (nSPS) is 15.3. The van der Waals surface area contributed by atoms with E-state index in [1.165, 1.54) is 0 Å². The lowest BCUT2D eigenvalue weighted by Gasteiger charge is -2.20. The highest BCUT2D eigenvalue weighted by molar-refractivity contribution is 5.91. The lowest BCUT2D eigenvalue weighted by atomic mass is 10.0. The van der Waals surface area contributed by atoms with Crippen molar-refractivity contribution in [2.75, 3.05) is 0 Å². The van der Waals surface area contributed by atoms with Gasteiger partial charge in [-0.3, -0.25) is 9.59 Å². The highest BCUT2D eigenvalue weighted by Gasteiger charge is 2.30. The molecule has 31 heavy (non-hydrogen) atoms. The molecule has 1 aromatic heterocycles. The maximum absolute atomic E-state index is 12.6. The lowest BCUT2D eigenvalue weighted by molar-refractivity contribution is -0.142. The van der Waals surface area contributed by atoms with Crippen LogP contribution in [0.4, 0.5) is 0 Å². The minimum atomic E-state index is -1.12. The van der Waals surface area contributed by atoms with Crippen LogP contribution in [-0.4, -0.2) is 40.0 Å². The molecule has 0 fully saturated rings. The fourth-order valence-corrected chi connectivity index (χ4v) is 4.16. The summed E-state index contributed by atoms with van der Waals surface area (Å²) in [6, 6.07) is 13.6. The molecule has 7 nitrogen and oxygen atoms in total. The van der Waals surface area contributed by atoms with Crippen LogP contribution in [0.25, 0.3) is 10.9 Å².